The molecule has 0 spiro atoms. The van der Waals surface area contributed by atoms with Gasteiger partial charge in [0, 0.05) is 34.4 Å². The maximum Gasteiger partial charge on any atom is 0.405 e. The van der Waals surface area contributed by atoms with Gasteiger partial charge in [0.1, 0.15) is 34.8 Å². The number of sulfonamides is 1. The summed E-state index contributed by atoms with van der Waals surface area (Å²) >= 11 is 6.35. The molecule has 4 N–H and O–H groups in total. The predicted octanol–water partition coefficient (Wildman–Crippen LogP) is 5.00. The number of ether oxygens (including phenoxy) is 1. The number of rotatable bonds is 11. The van der Waals surface area contributed by atoms with E-state index >= 15 is 0 Å². The van der Waals surface area contributed by atoms with Gasteiger partial charge in [0.2, 0.25) is 21.8 Å². The number of halogens is 1. The molecule has 2 aliphatic carbocycles. The van der Waals surface area contributed by atoms with Crippen LogP contribution in [0.4, 0.5) is 4.79 Å². The summed E-state index contributed by atoms with van der Waals surface area (Å²) in [6.45, 7) is 8.69. The largest absolute Gasteiger partial charge is 0.484 e. The van der Waals surface area contributed by atoms with E-state index in [2.05, 4.69) is 21.9 Å². The van der Waals surface area contributed by atoms with E-state index in [0.717, 1.165) is 5.56 Å². The van der Waals surface area contributed by atoms with Gasteiger partial charge in [0.15, 0.2) is 11.3 Å². The number of likely N-dealkylation sites (tertiary alicyclic amines) is 1. The molecule has 7 rings (SSSR count). The third-order valence-electron chi connectivity index (χ3n) is 10.2. The van der Waals surface area contributed by atoms with Crippen molar-refractivity contribution in [1.29, 1.82) is 0 Å². The number of pyridine rings is 1. The molecule has 3 heterocycles. The van der Waals surface area contributed by atoms with E-state index in [0.29, 0.717) is 45.6 Å². The normalized spacial score (nSPS) is 23.1. The fourth-order valence-corrected chi connectivity index (χ4v) is 8.57. The van der Waals surface area contributed by atoms with Gasteiger partial charge >= 0.3 is 6.09 Å². The SMILES string of the molecule is C=C[C@@H]1C[C@]1(NC(=O)[C@@H]1C[C@@H](Oc2cc(-c3ccccc3)nc3c2oc2ccc(Cl)cc23)CN1C(=O)[C@@H](NC(=O)O)C(C)(C)C)C(=O)NS(=O)(=O)C1CC1. The topological polar surface area (TPSA) is 197 Å². The van der Waals surface area contributed by atoms with E-state index in [4.69, 9.17) is 25.7 Å². The van der Waals surface area contributed by atoms with E-state index in [-0.39, 0.29) is 25.1 Å². The fraction of sp³-hybridized carbons (Fsp3) is 0.395. The molecule has 1 aliphatic heterocycles. The van der Waals surface area contributed by atoms with Crippen LogP contribution in [0.3, 0.4) is 0 Å². The highest BCUT2D eigenvalue weighted by atomic mass is 35.5. The van der Waals surface area contributed by atoms with Crippen molar-refractivity contribution < 1.29 is 41.9 Å². The van der Waals surface area contributed by atoms with Crippen molar-refractivity contribution in [2.24, 2.45) is 11.3 Å². The number of aromatic nitrogens is 1. The first-order chi connectivity index (χ1) is 25.5. The Hall–Kier alpha value is -5.15. The second-order valence-corrected chi connectivity index (χ2v) is 17.6. The van der Waals surface area contributed by atoms with Crippen LogP contribution in [0.5, 0.6) is 5.75 Å². The van der Waals surface area contributed by atoms with Crippen LogP contribution in [-0.4, -0.2) is 82.7 Å². The number of hydrogen-bond donors (Lipinski definition) is 4. The fourth-order valence-electron chi connectivity index (χ4n) is 7.03. The standard InChI is InChI=1S/C38H40ClN5O9S/c1-5-21-18-38(21,35(47)43-54(50,51)24-12-13-24)42-33(45)27-16-23(19-44(27)34(46)32(37(2,3)4)41-36(48)49)52-29-17-26(20-9-7-6-8-10-20)40-30-25-15-22(39)11-14-28(25)53-31(29)30/h5-11,14-15,17,21,23-24,27,32,41H,1,12-13,16,18-19H2,2-4H3,(H,42,45)(H,43,47)(H,48,49)/t21-,23-,27+,32-,38-/m1/s1. The maximum absolute atomic E-state index is 14.3. The highest BCUT2D eigenvalue weighted by molar-refractivity contribution is 7.91. The summed E-state index contributed by atoms with van der Waals surface area (Å²) < 4.78 is 40.3. The molecule has 4 amide bonds. The lowest BCUT2D eigenvalue weighted by Gasteiger charge is -2.35. The molecule has 2 aromatic carbocycles. The van der Waals surface area contributed by atoms with Gasteiger partial charge in [-0.1, -0.05) is 68.8 Å². The third kappa shape index (κ3) is 7.09. The Kier molecular flexibility index (Phi) is 9.37. The van der Waals surface area contributed by atoms with Gasteiger partial charge in [-0.15, -0.1) is 6.58 Å². The van der Waals surface area contributed by atoms with Crippen LogP contribution >= 0.6 is 11.6 Å². The lowest BCUT2D eigenvalue weighted by atomic mass is 9.85. The van der Waals surface area contributed by atoms with E-state index in [9.17, 15) is 32.7 Å². The molecule has 2 aromatic heterocycles. The zero-order valence-electron chi connectivity index (χ0n) is 29.8. The van der Waals surface area contributed by atoms with Crippen molar-refractivity contribution in [3.63, 3.8) is 0 Å². The lowest BCUT2D eigenvalue weighted by molar-refractivity contribution is -0.142. The first-order valence-electron chi connectivity index (χ1n) is 17.6. The smallest absolute Gasteiger partial charge is 0.405 e. The van der Waals surface area contributed by atoms with Gasteiger partial charge in [0.25, 0.3) is 5.91 Å². The molecular formula is C38H40ClN5O9S. The predicted molar refractivity (Wildman–Crippen MR) is 200 cm³/mol. The van der Waals surface area contributed by atoms with E-state index < -0.39 is 74.1 Å². The molecule has 0 unspecified atom stereocenters. The number of nitrogens with zero attached hydrogens (tertiary/aromatic N) is 2. The van der Waals surface area contributed by atoms with Crippen LogP contribution in [0.25, 0.3) is 33.3 Å². The summed E-state index contributed by atoms with van der Waals surface area (Å²) in [6.07, 6.45) is 0.140. The molecule has 3 fully saturated rings. The number of carbonyl (C=O) groups excluding carboxylic acids is 3. The van der Waals surface area contributed by atoms with Crippen LogP contribution in [0.2, 0.25) is 5.02 Å². The molecule has 4 aromatic rings. The van der Waals surface area contributed by atoms with Crippen LogP contribution in [0.15, 0.2) is 71.7 Å². The third-order valence-corrected chi connectivity index (χ3v) is 12.2. The van der Waals surface area contributed by atoms with Crippen molar-refractivity contribution in [2.75, 3.05) is 6.54 Å². The van der Waals surface area contributed by atoms with Crippen molar-refractivity contribution in [2.45, 2.75) is 75.4 Å². The van der Waals surface area contributed by atoms with Crippen LogP contribution in [0, 0.1) is 11.3 Å². The lowest BCUT2D eigenvalue weighted by Crippen LogP contribution is -2.60. The van der Waals surface area contributed by atoms with Gasteiger partial charge in [-0.25, -0.2) is 18.2 Å². The minimum atomic E-state index is -3.93. The Labute approximate surface area is 316 Å². The Morgan fingerprint density at radius 2 is 1.85 bits per heavy atom. The number of nitrogens with one attached hydrogen (secondary N) is 3. The summed E-state index contributed by atoms with van der Waals surface area (Å²) in [5.74, 6) is -2.56. The van der Waals surface area contributed by atoms with Crippen LogP contribution in [0.1, 0.15) is 46.5 Å². The first kappa shape index (κ1) is 37.2. The summed E-state index contributed by atoms with van der Waals surface area (Å²) in [5.41, 5.74) is 0.168. The van der Waals surface area contributed by atoms with Crippen molar-refractivity contribution >= 4 is 67.5 Å². The molecule has 14 nitrogen and oxygen atoms in total. The van der Waals surface area contributed by atoms with E-state index in [1.807, 2.05) is 30.3 Å². The number of benzene rings is 2. The highest BCUT2D eigenvalue weighted by Gasteiger charge is 2.62. The van der Waals surface area contributed by atoms with Gasteiger partial charge in [-0.2, -0.15) is 0 Å². The molecule has 3 aliphatic rings. The molecule has 5 atom stereocenters. The quantitative estimate of drug-likeness (QED) is 0.150. The van der Waals surface area contributed by atoms with Crippen LogP contribution in [-0.2, 0) is 24.4 Å². The average molecular weight is 778 g/mol. The number of fused-ring (bicyclic) bond motifs is 3. The van der Waals surface area contributed by atoms with Gasteiger partial charge in [-0.05, 0) is 42.9 Å². The molecule has 0 bridgehead atoms. The minimum Gasteiger partial charge on any atom is -0.484 e. The molecule has 2 saturated carbocycles. The van der Waals surface area contributed by atoms with E-state index in [1.165, 1.54) is 11.0 Å². The Morgan fingerprint density at radius 1 is 1.13 bits per heavy atom. The second-order valence-electron chi connectivity index (χ2n) is 15.2. The van der Waals surface area contributed by atoms with Gasteiger partial charge < -0.3 is 29.8 Å². The number of carboxylic acid groups (broad SMARTS) is 1. The maximum atomic E-state index is 14.3. The second kappa shape index (κ2) is 13.6. The number of hydrogen-bond acceptors (Lipinski definition) is 9. The molecule has 54 heavy (non-hydrogen) atoms. The van der Waals surface area contributed by atoms with E-state index in [1.54, 1.807) is 45.0 Å². The van der Waals surface area contributed by atoms with Crippen molar-refractivity contribution in [3.05, 3.63) is 72.3 Å². The molecule has 1 saturated heterocycles. The average Bonchev–Trinajstić information content (AvgIpc) is 4.02. The molecule has 16 heteroatoms. The molecule has 0 radical (unpaired) electrons. The van der Waals surface area contributed by atoms with Crippen molar-refractivity contribution in [1.82, 2.24) is 25.2 Å². The zero-order chi connectivity index (χ0) is 38.7. The minimum absolute atomic E-state index is 0.0606. The summed E-state index contributed by atoms with van der Waals surface area (Å²) in [5, 5.41) is 15.2. The Morgan fingerprint density at radius 3 is 2.48 bits per heavy atom. The summed E-state index contributed by atoms with van der Waals surface area (Å²) in [7, 11) is -3.93. The monoisotopic (exact) mass is 777 g/mol. The van der Waals surface area contributed by atoms with Gasteiger partial charge in [-0.3, -0.25) is 19.1 Å². The number of carbonyl (C=O) groups is 4. The Balaban J connectivity index is 1.24. The summed E-state index contributed by atoms with van der Waals surface area (Å²) in [4.78, 5) is 60.1. The summed E-state index contributed by atoms with van der Waals surface area (Å²) in [6, 6.07) is 13.8. The molecular weight excluding hydrogens is 738 g/mol. The number of amides is 4. The van der Waals surface area contributed by atoms with Crippen LogP contribution < -0.4 is 20.1 Å². The molecule has 284 valence electrons. The highest BCUT2D eigenvalue weighted by Crippen LogP contribution is 2.46. The van der Waals surface area contributed by atoms with Gasteiger partial charge in [0.05, 0.1) is 17.5 Å². The number of furan rings is 1. The zero-order valence-corrected chi connectivity index (χ0v) is 31.4. The van der Waals surface area contributed by atoms with Crippen molar-refractivity contribution in [3.8, 4) is 17.0 Å². The Bertz CT molecular complexity index is 2300. The first-order valence-corrected chi connectivity index (χ1v) is 19.5.